The lowest BCUT2D eigenvalue weighted by molar-refractivity contribution is 0.0476. The molecule has 1 fully saturated rings. The van der Waals surface area contributed by atoms with Crippen molar-refractivity contribution in [2.75, 3.05) is 19.1 Å². The third-order valence-corrected chi connectivity index (χ3v) is 2.48. The molecule has 1 N–H and O–H groups in total. The Balaban J connectivity index is 2.13. The molecule has 2 nitrogen and oxygen atoms in total. The molecule has 66 valence electrons. The van der Waals surface area contributed by atoms with E-state index in [-0.39, 0.29) is 6.10 Å². The Labute approximate surface area is 72.5 Å². The van der Waals surface area contributed by atoms with Gasteiger partial charge in [0.2, 0.25) is 0 Å². The second-order valence-corrected chi connectivity index (χ2v) is 3.41. The molecular formula is C8H15ClO2. The van der Waals surface area contributed by atoms with Crippen molar-refractivity contribution in [3.05, 3.63) is 0 Å². The van der Waals surface area contributed by atoms with Crippen LogP contribution in [0.2, 0.25) is 0 Å². The van der Waals surface area contributed by atoms with Crippen molar-refractivity contribution in [1.82, 2.24) is 0 Å². The summed E-state index contributed by atoms with van der Waals surface area (Å²) in [5.74, 6) is 0.981. The molecule has 0 spiro atoms. The van der Waals surface area contributed by atoms with E-state index in [0.717, 1.165) is 32.5 Å². The van der Waals surface area contributed by atoms with E-state index in [0.29, 0.717) is 11.8 Å². The lowest BCUT2D eigenvalue weighted by Gasteiger charge is -2.23. The molecule has 1 saturated heterocycles. The monoisotopic (exact) mass is 178 g/mol. The molecule has 0 bridgehead atoms. The van der Waals surface area contributed by atoms with Gasteiger partial charge in [-0.2, -0.15) is 0 Å². The molecule has 1 aliphatic heterocycles. The minimum absolute atomic E-state index is 0.320. The third kappa shape index (κ3) is 3.41. The normalized spacial score (nSPS) is 23.5. The fraction of sp³-hybridized carbons (Fsp3) is 1.00. The van der Waals surface area contributed by atoms with Gasteiger partial charge < -0.3 is 9.84 Å². The number of aliphatic hydroxyl groups is 1. The minimum Gasteiger partial charge on any atom is -0.392 e. The average Bonchev–Trinajstić information content (AvgIpc) is 2.06. The summed E-state index contributed by atoms with van der Waals surface area (Å²) < 4.78 is 5.20. The summed E-state index contributed by atoms with van der Waals surface area (Å²) in [5.41, 5.74) is 0. The summed E-state index contributed by atoms with van der Waals surface area (Å²) in [4.78, 5) is 0. The molecule has 0 aromatic carbocycles. The van der Waals surface area contributed by atoms with Crippen LogP contribution in [-0.4, -0.2) is 30.3 Å². The highest BCUT2D eigenvalue weighted by Crippen LogP contribution is 2.20. The van der Waals surface area contributed by atoms with Crippen LogP contribution in [0.15, 0.2) is 0 Å². The summed E-state index contributed by atoms with van der Waals surface area (Å²) in [6.45, 7) is 1.69. The summed E-state index contributed by atoms with van der Waals surface area (Å²) in [7, 11) is 0. The molecule has 0 saturated carbocycles. The molecule has 0 radical (unpaired) electrons. The van der Waals surface area contributed by atoms with E-state index in [2.05, 4.69) is 0 Å². The van der Waals surface area contributed by atoms with Crippen LogP contribution in [0.3, 0.4) is 0 Å². The van der Waals surface area contributed by atoms with Gasteiger partial charge in [-0.05, 0) is 25.2 Å². The number of alkyl halides is 1. The van der Waals surface area contributed by atoms with Gasteiger partial charge in [0, 0.05) is 19.1 Å². The maximum absolute atomic E-state index is 9.24. The van der Waals surface area contributed by atoms with Crippen molar-refractivity contribution in [2.24, 2.45) is 5.92 Å². The number of halogens is 1. The van der Waals surface area contributed by atoms with Gasteiger partial charge >= 0.3 is 0 Å². The third-order valence-electron chi connectivity index (χ3n) is 2.12. The van der Waals surface area contributed by atoms with Gasteiger partial charge in [0.05, 0.1) is 6.10 Å². The van der Waals surface area contributed by atoms with Crippen molar-refractivity contribution in [3.63, 3.8) is 0 Å². The smallest absolute Gasteiger partial charge is 0.0678 e. The Bertz CT molecular complexity index is 102. The van der Waals surface area contributed by atoms with Crippen molar-refractivity contribution in [2.45, 2.75) is 25.4 Å². The van der Waals surface area contributed by atoms with E-state index in [1.807, 2.05) is 0 Å². The Morgan fingerprint density at radius 3 is 2.64 bits per heavy atom. The van der Waals surface area contributed by atoms with E-state index >= 15 is 0 Å². The Hall–Kier alpha value is 0.210. The lowest BCUT2D eigenvalue weighted by Crippen LogP contribution is -2.21. The maximum atomic E-state index is 9.24. The first-order valence-corrected chi connectivity index (χ1v) is 4.68. The molecule has 11 heavy (non-hydrogen) atoms. The zero-order chi connectivity index (χ0) is 8.10. The molecule has 0 amide bonds. The molecule has 0 aliphatic carbocycles. The van der Waals surface area contributed by atoms with E-state index < -0.39 is 0 Å². The van der Waals surface area contributed by atoms with Gasteiger partial charge in [0.25, 0.3) is 0 Å². The zero-order valence-electron chi connectivity index (χ0n) is 6.63. The van der Waals surface area contributed by atoms with Crippen molar-refractivity contribution < 1.29 is 9.84 Å². The number of hydrogen-bond donors (Lipinski definition) is 1. The first kappa shape index (κ1) is 9.30. The van der Waals surface area contributed by atoms with Crippen molar-refractivity contribution in [3.8, 4) is 0 Å². The van der Waals surface area contributed by atoms with E-state index in [1.165, 1.54) is 0 Å². The van der Waals surface area contributed by atoms with Crippen LogP contribution in [0.5, 0.6) is 0 Å². The SMILES string of the molecule is OC(CCl)CC1CCOCC1. The highest BCUT2D eigenvalue weighted by atomic mass is 35.5. The number of ether oxygens (including phenoxy) is 1. The predicted octanol–water partition coefficient (Wildman–Crippen LogP) is 1.40. The van der Waals surface area contributed by atoms with Crippen LogP contribution < -0.4 is 0 Å². The van der Waals surface area contributed by atoms with Crippen LogP contribution >= 0.6 is 11.6 Å². The fourth-order valence-electron chi connectivity index (χ4n) is 1.43. The summed E-state index contributed by atoms with van der Waals surface area (Å²) in [6.07, 6.45) is 2.68. The fourth-order valence-corrected chi connectivity index (χ4v) is 1.56. The molecule has 0 aromatic heterocycles. The van der Waals surface area contributed by atoms with E-state index in [1.54, 1.807) is 0 Å². The van der Waals surface area contributed by atoms with Gasteiger partial charge in [0.1, 0.15) is 0 Å². The molecule has 0 aromatic rings. The second-order valence-electron chi connectivity index (χ2n) is 3.10. The minimum atomic E-state index is -0.320. The molecule has 1 atom stereocenters. The molecular weight excluding hydrogens is 164 g/mol. The van der Waals surface area contributed by atoms with E-state index in [4.69, 9.17) is 16.3 Å². The Morgan fingerprint density at radius 1 is 1.45 bits per heavy atom. The summed E-state index contributed by atoms with van der Waals surface area (Å²) in [6, 6.07) is 0. The van der Waals surface area contributed by atoms with Crippen LogP contribution in [0, 0.1) is 5.92 Å². The van der Waals surface area contributed by atoms with Gasteiger partial charge in [-0.25, -0.2) is 0 Å². The number of aliphatic hydroxyl groups excluding tert-OH is 1. The number of rotatable bonds is 3. The number of hydrogen-bond acceptors (Lipinski definition) is 2. The van der Waals surface area contributed by atoms with Crippen molar-refractivity contribution >= 4 is 11.6 Å². The Kier molecular flexibility index (Phi) is 4.20. The molecule has 1 heterocycles. The Morgan fingerprint density at radius 2 is 2.09 bits per heavy atom. The van der Waals surface area contributed by atoms with Crippen LogP contribution in [0.25, 0.3) is 0 Å². The summed E-state index contributed by atoms with van der Waals surface area (Å²) >= 11 is 5.49. The molecule has 3 heteroatoms. The highest BCUT2D eigenvalue weighted by molar-refractivity contribution is 6.18. The van der Waals surface area contributed by atoms with Crippen molar-refractivity contribution in [1.29, 1.82) is 0 Å². The van der Waals surface area contributed by atoms with Crippen LogP contribution in [0.1, 0.15) is 19.3 Å². The quantitative estimate of drug-likeness (QED) is 0.663. The first-order valence-electron chi connectivity index (χ1n) is 4.14. The lowest BCUT2D eigenvalue weighted by atomic mass is 9.94. The first-order chi connectivity index (χ1) is 5.33. The zero-order valence-corrected chi connectivity index (χ0v) is 7.39. The maximum Gasteiger partial charge on any atom is 0.0678 e. The van der Waals surface area contributed by atoms with Crippen LogP contribution in [-0.2, 0) is 4.74 Å². The van der Waals surface area contributed by atoms with Gasteiger partial charge in [-0.3, -0.25) is 0 Å². The predicted molar refractivity (Wildman–Crippen MR) is 44.9 cm³/mol. The average molecular weight is 179 g/mol. The molecule has 1 rings (SSSR count). The van der Waals surface area contributed by atoms with Gasteiger partial charge in [-0.15, -0.1) is 11.6 Å². The van der Waals surface area contributed by atoms with Gasteiger partial charge in [-0.1, -0.05) is 0 Å². The molecule has 1 unspecified atom stereocenters. The van der Waals surface area contributed by atoms with Gasteiger partial charge in [0.15, 0.2) is 0 Å². The standard InChI is InChI=1S/C8H15ClO2/c9-6-8(10)5-7-1-3-11-4-2-7/h7-8,10H,1-6H2. The van der Waals surface area contributed by atoms with E-state index in [9.17, 15) is 5.11 Å². The molecule has 1 aliphatic rings. The highest BCUT2D eigenvalue weighted by Gasteiger charge is 2.16. The largest absolute Gasteiger partial charge is 0.392 e. The summed E-state index contributed by atoms with van der Waals surface area (Å²) in [5, 5.41) is 9.24. The van der Waals surface area contributed by atoms with Crippen LogP contribution in [0.4, 0.5) is 0 Å². The topological polar surface area (TPSA) is 29.5 Å². The second kappa shape index (κ2) is 4.96.